The van der Waals surface area contributed by atoms with Gasteiger partial charge in [0.15, 0.2) is 0 Å². The molecule has 16 heavy (non-hydrogen) atoms. The van der Waals surface area contributed by atoms with Gasteiger partial charge in [-0.05, 0) is 19.4 Å². The van der Waals surface area contributed by atoms with Crippen molar-refractivity contribution in [2.75, 3.05) is 0 Å². The van der Waals surface area contributed by atoms with Crippen molar-refractivity contribution in [1.82, 2.24) is 9.97 Å². The number of hydrogen-bond donors (Lipinski definition) is 0. The van der Waals surface area contributed by atoms with E-state index in [0.717, 1.165) is 11.3 Å². The summed E-state index contributed by atoms with van der Waals surface area (Å²) in [5.74, 6) is 0. The Bertz CT molecular complexity index is 450. The van der Waals surface area contributed by atoms with Gasteiger partial charge in [-0.25, -0.2) is 9.97 Å². The topological polar surface area (TPSA) is 25.8 Å². The Morgan fingerprint density at radius 3 is 2.44 bits per heavy atom. The fourth-order valence-corrected chi connectivity index (χ4v) is 1.49. The van der Waals surface area contributed by atoms with Gasteiger partial charge in [-0.3, -0.25) is 0 Å². The monoisotopic (exact) mass is 214 g/mol. The third-order valence-corrected chi connectivity index (χ3v) is 2.24. The summed E-state index contributed by atoms with van der Waals surface area (Å²) >= 11 is 0. The Labute approximate surface area is 97.4 Å². The second-order valence-electron chi connectivity index (χ2n) is 3.39. The highest BCUT2D eigenvalue weighted by Crippen LogP contribution is 2.21. The fraction of sp³-hybridized carbons (Fsp3) is 0.286. The molecule has 0 saturated carbocycles. The van der Waals surface area contributed by atoms with Gasteiger partial charge in [-0.15, -0.1) is 0 Å². The van der Waals surface area contributed by atoms with Crippen LogP contribution in [0.15, 0.2) is 36.8 Å². The molecule has 1 aromatic heterocycles. The lowest BCUT2D eigenvalue weighted by Crippen LogP contribution is -1.88. The molecule has 0 fully saturated rings. The first-order valence-corrected chi connectivity index (χ1v) is 5.61. The van der Waals surface area contributed by atoms with Crippen molar-refractivity contribution in [3.63, 3.8) is 0 Å². The van der Waals surface area contributed by atoms with Crippen molar-refractivity contribution in [2.24, 2.45) is 0 Å². The maximum absolute atomic E-state index is 4.17. The number of benzene rings is 1. The third-order valence-electron chi connectivity index (χ3n) is 2.24. The molecule has 0 bridgehead atoms. The first-order valence-electron chi connectivity index (χ1n) is 5.61. The average Bonchev–Trinajstić information content (AvgIpc) is 2.32. The van der Waals surface area contributed by atoms with Gasteiger partial charge in [0, 0.05) is 17.5 Å². The van der Waals surface area contributed by atoms with Gasteiger partial charge >= 0.3 is 0 Å². The third kappa shape index (κ3) is 2.89. The molecule has 2 heteroatoms. The van der Waals surface area contributed by atoms with Crippen LogP contribution < -0.4 is 0 Å². The van der Waals surface area contributed by atoms with E-state index in [9.17, 15) is 0 Å². The minimum atomic E-state index is 1.02. The highest BCUT2D eigenvalue weighted by Gasteiger charge is 2.01. The SMILES string of the molecule is CC.Cc1cccc(-c2cncnc2C)c1. The van der Waals surface area contributed by atoms with E-state index in [1.165, 1.54) is 11.1 Å². The number of rotatable bonds is 1. The van der Waals surface area contributed by atoms with Crippen LogP contribution in [0.25, 0.3) is 11.1 Å². The van der Waals surface area contributed by atoms with Crippen LogP contribution in [0.1, 0.15) is 25.1 Å². The molecule has 0 N–H and O–H groups in total. The van der Waals surface area contributed by atoms with Gasteiger partial charge in [-0.2, -0.15) is 0 Å². The summed E-state index contributed by atoms with van der Waals surface area (Å²) in [7, 11) is 0. The molecular weight excluding hydrogens is 196 g/mol. The molecular formula is C14H18N2. The van der Waals surface area contributed by atoms with Gasteiger partial charge in [0.2, 0.25) is 0 Å². The number of aromatic nitrogens is 2. The molecule has 0 radical (unpaired) electrons. The Morgan fingerprint density at radius 1 is 1.06 bits per heavy atom. The normalized spacial score (nSPS) is 9.25. The van der Waals surface area contributed by atoms with Crippen LogP contribution in [0.2, 0.25) is 0 Å². The maximum Gasteiger partial charge on any atom is 0.115 e. The maximum atomic E-state index is 4.17. The minimum Gasteiger partial charge on any atom is -0.244 e. The van der Waals surface area contributed by atoms with E-state index < -0.39 is 0 Å². The predicted octanol–water partition coefficient (Wildman–Crippen LogP) is 3.79. The molecule has 0 aliphatic carbocycles. The zero-order valence-corrected chi connectivity index (χ0v) is 10.4. The van der Waals surface area contributed by atoms with E-state index in [1.807, 2.05) is 27.0 Å². The van der Waals surface area contributed by atoms with Crippen LogP contribution in [0.4, 0.5) is 0 Å². The summed E-state index contributed by atoms with van der Waals surface area (Å²) in [4.78, 5) is 8.21. The Morgan fingerprint density at radius 2 is 1.81 bits per heavy atom. The van der Waals surface area contributed by atoms with E-state index >= 15 is 0 Å². The van der Waals surface area contributed by atoms with Gasteiger partial charge in [-0.1, -0.05) is 43.7 Å². The van der Waals surface area contributed by atoms with Crippen LogP contribution in [-0.4, -0.2) is 9.97 Å². The Hall–Kier alpha value is -1.70. The van der Waals surface area contributed by atoms with E-state index in [4.69, 9.17) is 0 Å². The van der Waals surface area contributed by atoms with Crippen LogP contribution in [0.5, 0.6) is 0 Å². The van der Waals surface area contributed by atoms with Gasteiger partial charge in [0.25, 0.3) is 0 Å². The Balaban J connectivity index is 0.000000606. The van der Waals surface area contributed by atoms with Crippen LogP contribution in [0.3, 0.4) is 0 Å². The molecule has 0 spiro atoms. The molecule has 0 amide bonds. The van der Waals surface area contributed by atoms with Crippen molar-refractivity contribution in [3.05, 3.63) is 48.0 Å². The van der Waals surface area contributed by atoms with Crippen molar-refractivity contribution in [2.45, 2.75) is 27.7 Å². The lowest BCUT2D eigenvalue weighted by Gasteiger charge is -2.04. The van der Waals surface area contributed by atoms with Crippen molar-refractivity contribution in [3.8, 4) is 11.1 Å². The van der Waals surface area contributed by atoms with E-state index in [2.05, 4.69) is 41.2 Å². The van der Waals surface area contributed by atoms with Crippen LogP contribution in [-0.2, 0) is 0 Å². The molecule has 1 aromatic carbocycles. The van der Waals surface area contributed by atoms with E-state index in [-0.39, 0.29) is 0 Å². The zero-order valence-electron chi connectivity index (χ0n) is 10.4. The minimum absolute atomic E-state index is 1.02. The van der Waals surface area contributed by atoms with Crippen LogP contribution >= 0.6 is 0 Å². The molecule has 0 unspecified atom stereocenters. The second-order valence-corrected chi connectivity index (χ2v) is 3.39. The smallest absolute Gasteiger partial charge is 0.115 e. The molecule has 0 aliphatic heterocycles. The number of nitrogens with zero attached hydrogens (tertiary/aromatic N) is 2. The summed E-state index contributed by atoms with van der Waals surface area (Å²) in [5.41, 5.74) is 4.57. The van der Waals surface area contributed by atoms with Gasteiger partial charge < -0.3 is 0 Å². The first-order chi connectivity index (χ1) is 7.77. The molecule has 0 saturated heterocycles. The van der Waals surface area contributed by atoms with Crippen LogP contribution in [0, 0.1) is 13.8 Å². The summed E-state index contributed by atoms with van der Waals surface area (Å²) in [6.45, 7) is 8.09. The summed E-state index contributed by atoms with van der Waals surface area (Å²) in [6.07, 6.45) is 3.44. The van der Waals surface area contributed by atoms with Crippen molar-refractivity contribution >= 4 is 0 Å². The largest absolute Gasteiger partial charge is 0.244 e. The number of aryl methyl sites for hydroxylation is 2. The number of hydrogen-bond acceptors (Lipinski definition) is 2. The van der Waals surface area contributed by atoms with Gasteiger partial charge in [0.05, 0.1) is 0 Å². The standard InChI is InChI=1S/C12H12N2.C2H6/c1-9-4-3-5-11(6-9)12-7-13-8-14-10(12)2;1-2/h3-8H,1-2H3;1-2H3. The molecule has 0 aliphatic rings. The van der Waals surface area contributed by atoms with Gasteiger partial charge in [0.1, 0.15) is 6.33 Å². The molecule has 1 heterocycles. The quantitative estimate of drug-likeness (QED) is 0.721. The molecule has 2 rings (SSSR count). The lowest BCUT2D eigenvalue weighted by molar-refractivity contribution is 1.10. The zero-order chi connectivity index (χ0) is 12.0. The highest BCUT2D eigenvalue weighted by atomic mass is 14.8. The van der Waals surface area contributed by atoms with Crippen molar-refractivity contribution < 1.29 is 0 Å². The molecule has 2 nitrogen and oxygen atoms in total. The fourth-order valence-electron chi connectivity index (χ4n) is 1.49. The first kappa shape index (κ1) is 12.4. The lowest BCUT2D eigenvalue weighted by atomic mass is 10.0. The second kappa shape index (κ2) is 6.01. The summed E-state index contributed by atoms with van der Waals surface area (Å²) in [6, 6.07) is 8.37. The summed E-state index contributed by atoms with van der Waals surface area (Å²) in [5, 5.41) is 0. The molecule has 2 aromatic rings. The summed E-state index contributed by atoms with van der Waals surface area (Å²) < 4.78 is 0. The molecule has 0 atom stereocenters. The average molecular weight is 214 g/mol. The highest BCUT2D eigenvalue weighted by molar-refractivity contribution is 5.65. The van der Waals surface area contributed by atoms with E-state index in [1.54, 1.807) is 6.33 Å². The van der Waals surface area contributed by atoms with E-state index in [0.29, 0.717) is 0 Å². The molecule has 84 valence electrons. The Kier molecular flexibility index (Phi) is 4.65. The predicted molar refractivity (Wildman–Crippen MR) is 68.3 cm³/mol. The van der Waals surface area contributed by atoms with Crippen molar-refractivity contribution in [1.29, 1.82) is 0 Å².